The summed E-state index contributed by atoms with van der Waals surface area (Å²) in [4.78, 5) is 28.7. The number of rotatable bonds is 7. The molecule has 1 saturated carbocycles. The Balaban J connectivity index is 1.30. The largest absolute Gasteiger partial charge is 0.336 e. The molecule has 1 fully saturated rings. The average Bonchev–Trinajstić information content (AvgIpc) is 3.63. The molecule has 0 spiro atoms. The van der Waals surface area contributed by atoms with E-state index in [0.29, 0.717) is 56.0 Å². The number of hydrogen-bond donors (Lipinski definition) is 4. The van der Waals surface area contributed by atoms with Crippen molar-refractivity contribution in [2.24, 2.45) is 11.7 Å². The van der Waals surface area contributed by atoms with Gasteiger partial charge >= 0.3 is 0 Å². The lowest BCUT2D eigenvalue weighted by Crippen LogP contribution is -2.20. The summed E-state index contributed by atoms with van der Waals surface area (Å²) in [5.41, 5.74) is 9.51. The number of nitrogens with zero attached hydrogens (tertiary/aromatic N) is 4. The molecule has 0 saturated heterocycles. The summed E-state index contributed by atoms with van der Waals surface area (Å²) in [6, 6.07) is 10.1. The molecule has 14 heteroatoms. The highest BCUT2D eigenvalue weighted by Gasteiger charge is 2.29. The number of aromatic nitrogens is 6. The molecule has 222 valence electrons. The van der Waals surface area contributed by atoms with Crippen molar-refractivity contribution in [3.05, 3.63) is 78.3 Å². The van der Waals surface area contributed by atoms with Gasteiger partial charge in [0.1, 0.15) is 28.2 Å². The highest BCUT2D eigenvalue weighted by atomic mass is 32.2. The number of benzene rings is 2. The fourth-order valence-electron chi connectivity index (χ4n) is 5.10. The molecular weight excluding hydrogens is 590 g/mol. The fraction of sp³-hybridized carbons (Fsp3) is 0.167. The lowest BCUT2D eigenvalue weighted by atomic mass is 10.0. The van der Waals surface area contributed by atoms with Gasteiger partial charge in [-0.2, -0.15) is 5.10 Å². The van der Waals surface area contributed by atoms with Crippen molar-refractivity contribution in [3.63, 3.8) is 0 Å². The van der Waals surface area contributed by atoms with Gasteiger partial charge in [0.05, 0.1) is 28.6 Å². The molecule has 0 aliphatic heterocycles. The summed E-state index contributed by atoms with van der Waals surface area (Å²) in [7, 11) is -3.69. The van der Waals surface area contributed by atoms with Gasteiger partial charge < -0.3 is 16.0 Å². The third-order valence-corrected chi connectivity index (χ3v) is 8.72. The Morgan fingerprint density at radius 2 is 1.86 bits per heavy atom. The number of amides is 1. The van der Waals surface area contributed by atoms with Crippen molar-refractivity contribution in [1.29, 1.82) is 0 Å². The van der Waals surface area contributed by atoms with Gasteiger partial charge in [0.2, 0.25) is 5.91 Å². The number of sulfone groups is 1. The van der Waals surface area contributed by atoms with E-state index in [4.69, 9.17) is 10.7 Å². The Morgan fingerprint density at radius 1 is 1.05 bits per heavy atom. The molecule has 44 heavy (non-hydrogen) atoms. The summed E-state index contributed by atoms with van der Waals surface area (Å²) in [6.45, 7) is 0. The van der Waals surface area contributed by atoms with Gasteiger partial charge in [0, 0.05) is 52.7 Å². The Morgan fingerprint density at radius 3 is 2.64 bits per heavy atom. The van der Waals surface area contributed by atoms with E-state index < -0.39 is 26.8 Å². The minimum atomic E-state index is -3.69. The summed E-state index contributed by atoms with van der Waals surface area (Å²) in [6.07, 6.45) is 7.23. The Kier molecular flexibility index (Phi) is 6.48. The van der Waals surface area contributed by atoms with Gasteiger partial charge in [-0.15, -0.1) is 0 Å². The molecule has 1 amide bonds. The molecule has 1 aliphatic carbocycles. The van der Waals surface area contributed by atoms with E-state index in [1.165, 1.54) is 36.8 Å². The molecule has 6 aromatic rings. The van der Waals surface area contributed by atoms with E-state index in [2.05, 4.69) is 30.5 Å². The van der Waals surface area contributed by atoms with E-state index in [1.54, 1.807) is 18.2 Å². The van der Waals surface area contributed by atoms with Gasteiger partial charge in [0.15, 0.2) is 15.7 Å². The maximum atomic E-state index is 15.3. The van der Waals surface area contributed by atoms with Crippen molar-refractivity contribution in [2.75, 3.05) is 11.6 Å². The van der Waals surface area contributed by atoms with Crippen LogP contribution in [-0.2, 0) is 14.6 Å². The number of fused-ring (bicyclic) bond motifs is 2. The first-order chi connectivity index (χ1) is 21.0. The number of anilines is 1. The van der Waals surface area contributed by atoms with Crippen LogP contribution in [0.25, 0.3) is 55.8 Å². The highest BCUT2D eigenvalue weighted by molar-refractivity contribution is 7.90. The molecule has 4 heterocycles. The lowest BCUT2D eigenvalue weighted by molar-refractivity contribution is -0.117. The van der Waals surface area contributed by atoms with E-state index in [-0.39, 0.29) is 23.0 Å². The van der Waals surface area contributed by atoms with Crippen LogP contribution in [0.3, 0.4) is 0 Å². The SMILES string of the molecule is CS(=O)(=O)C(N)c1cc(F)cc(-c2nccc3[nH]c(-c4n[nH]c5cc(F)c(-c6cncc(NC(=O)C7CC7)c6)cc45)nc23)c1. The van der Waals surface area contributed by atoms with Crippen LogP contribution in [0, 0.1) is 17.6 Å². The number of pyridine rings is 2. The first kappa shape index (κ1) is 27.7. The monoisotopic (exact) mass is 614 g/mol. The zero-order valence-electron chi connectivity index (χ0n) is 23.1. The molecule has 5 N–H and O–H groups in total. The molecule has 0 bridgehead atoms. The van der Waals surface area contributed by atoms with Crippen LogP contribution in [-0.4, -0.2) is 50.7 Å². The number of halogens is 2. The summed E-state index contributed by atoms with van der Waals surface area (Å²) in [5, 5.41) is 9.20. The zero-order valence-corrected chi connectivity index (χ0v) is 23.9. The summed E-state index contributed by atoms with van der Waals surface area (Å²) >= 11 is 0. The minimum absolute atomic E-state index is 0.00721. The second-order valence-corrected chi connectivity index (χ2v) is 13.0. The molecule has 1 aliphatic rings. The van der Waals surface area contributed by atoms with Crippen LogP contribution < -0.4 is 11.1 Å². The normalized spacial score (nSPS) is 14.3. The van der Waals surface area contributed by atoms with Crippen molar-refractivity contribution >= 4 is 43.4 Å². The molecule has 2 aromatic carbocycles. The second-order valence-electron chi connectivity index (χ2n) is 10.8. The Hall–Kier alpha value is -5.08. The first-order valence-corrected chi connectivity index (χ1v) is 15.5. The molecule has 7 rings (SSSR count). The van der Waals surface area contributed by atoms with Crippen LogP contribution in [0.2, 0.25) is 0 Å². The first-order valence-electron chi connectivity index (χ1n) is 13.6. The van der Waals surface area contributed by atoms with Crippen molar-refractivity contribution in [3.8, 4) is 33.9 Å². The smallest absolute Gasteiger partial charge is 0.227 e. The quantitative estimate of drug-likeness (QED) is 0.197. The van der Waals surface area contributed by atoms with Crippen LogP contribution in [0.5, 0.6) is 0 Å². The molecule has 4 aromatic heterocycles. The number of nitrogens with one attached hydrogen (secondary N) is 3. The van der Waals surface area contributed by atoms with Gasteiger partial charge in [-0.25, -0.2) is 22.2 Å². The van der Waals surface area contributed by atoms with Crippen LogP contribution >= 0.6 is 0 Å². The predicted molar refractivity (Wildman–Crippen MR) is 161 cm³/mol. The number of hydrogen-bond acceptors (Lipinski definition) is 8. The zero-order chi connectivity index (χ0) is 30.7. The Labute approximate surface area is 248 Å². The van der Waals surface area contributed by atoms with Crippen molar-refractivity contribution in [1.82, 2.24) is 30.1 Å². The standard InChI is InChI=1S/C30H24F2N8O3S/c1-44(42,43)28(33)16-6-15(7-18(31)8-16)25-27-23(4-5-35-25)37-29(38-27)26-21-10-20(22(32)11-24(21)39-40-26)17-9-19(13-34-12-17)36-30(41)14-2-3-14/h4-14,28H,2-3,33H2,1H3,(H,36,41)(H,37,38)(H,39,40). The highest BCUT2D eigenvalue weighted by Crippen LogP contribution is 2.35. The molecular formula is C30H24F2N8O3S. The maximum Gasteiger partial charge on any atom is 0.227 e. The summed E-state index contributed by atoms with van der Waals surface area (Å²) in [5.74, 6) is -0.919. The summed E-state index contributed by atoms with van der Waals surface area (Å²) < 4.78 is 54.0. The number of aromatic amines is 2. The van der Waals surface area contributed by atoms with Crippen LogP contribution in [0.1, 0.15) is 23.8 Å². The molecule has 1 atom stereocenters. The third kappa shape index (κ3) is 5.07. The molecule has 11 nitrogen and oxygen atoms in total. The minimum Gasteiger partial charge on any atom is -0.336 e. The van der Waals surface area contributed by atoms with E-state index in [9.17, 15) is 17.6 Å². The molecule has 1 unspecified atom stereocenters. The van der Waals surface area contributed by atoms with Gasteiger partial charge in [0.25, 0.3) is 0 Å². The number of carbonyl (C=O) groups is 1. The Bertz CT molecular complexity index is 2230. The van der Waals surface area contributed by atoms with E-state index in [0.717, 1.165) is 25.2 Å². The van der Waals surface area contributed by atoms with Gasteiger partial charge in [-0.05, 0) is 54.8 Å². The van der Waals surface area contributed by atoms with Crippen molar-refractivity contribution < 1.29 is 22.0 Å². The second kappa shape index (κ2) is 10.3. The number of H-pyrrole nitrogens is 2. The fourth-order valence-corrected chi connectivity index (χ4v) is 5.73. The van der Waals surface area contributed by atoms with Crippen LogP contribution in [0.15, 0.2) is 61.1 Å². The van der Waals surface area contributed by atoms with Crippen molar-refractivity contribution in [2.45, 2.75) is 18.2 Å². The average molecular weight is 615 g/mol. The van der Waals surface area contributed by atoms with Crippen LogP contribution in [0.4, 0.5) is 14.5 Å². The van der Waals surface area contributed by atoms with E-state index in [1.807, 2.05) is 0 Å². The maximum absolute atomic E-state index is 15.3. The number of carbonyl (C=O) groups excluding carboxylic acids is 1. The number of imidazole rings is 1. The third-order valence-electron chi connectivity index (χ3n) is 7.52. The lowest BCUT2D eigenvalue weighted by Gasteiger charge is -2.12. The molecule has 0 radical (unpaired) electrons. The topological polar surface area (TPSA) is 172 Å². The van der Waals surface area contributed by atoms with E-state index >= 15 is 4.39 Å². The predicted octanol–water partition coefficient (Wildman–Crippen LogP) is 4.86. The van der Waals surface area contributed by atoms with Gasteiger partial charge in [-0.3, -0.25) is 19.9 Å². The van der Waals surface area contributed by atoms with Gasteiger partial charge in [-0.1, -0.05) is 0 Å². The number of nitrogens with two attached hydrogens (primary N) is 1.